The van der Waals surface area contributed by atoms with Crippen molar-refractivity contribution in [1.29, 1.82) is 0 Å². The van der Waals surface area contributed by atoms with Crippen molar-refractivity contribution in [3.05, 3.63) is 224 Å². The third-order valence-corrected chi connectivity index (χ3v) is 10.8. The van der Waals surface area contributed by atoms with Gasteiger partial charge in [0.2, 0.25) is 0 Å². The normalized spacial score (nSPS) is 15.6. The Morgan fingerprint density at radius 1 is 0.407 bits per heavy atom. The van der Waals surface area contributed by atoms with Crippen LogP contribution in [0.15, 0.2) is 218 Å². The van der Waals surface area contributed by atoms with Crippen LogP contribution in [0.4, 0.5) is 11.4 Å². The summed E-state index contributed by atoms with van der Waals surface area (Å²) in [6.45, 7) is 0. The van der Waals surface area contributed by atoms with E-state index in [9.17, 15) is 0 Å². The van der Waals surface area contributed by atoms with E-state index in [4.69, 9.17) is 4.74 Å². The predicted molar refractivity (Wildman–Crippen MR) is 225 cm³/mol. The summed E-state index contributed by atoms with van der Waals surface area (Å²) in [5.74, 6) is 0.913. The molecule has 2 unspecified atom stereocenters. The number of hydrogen-bond acceptors (Lipinski definition) is 2. The van der Waals surface area contributed by atoms with Crippen LogP contribution in [0.1, 0.15) is 11.5 Å². The van der Waals surface area contributed by atoms with Crippen molar-refractivity contribution in [2.24, 2.45) is 0 Å². The van der Waals surface area contributed by atoms with Gasteiger partial charge in [-0.25, -0.2) is 0 Å². The lowest BCUT2D eigenvalue weighted by atomic mass is 9.83. The first kappa shape index (κ1) is 31.8. The fourth-order valence-corrected chi connectivity index (χ4v) is 8.29. The van der Waals surface area contributed by atoms with E-state index in [0.717, 1.165) is 17.1 Å². The van der Waals surface area contributed by atoms with E-state index in [1.165, 1.54) is 66.5 Å². The van der Waals surface area contributed by atoms with Crippen molar-refractivity contribution in [1.82, 2.24) is 0 Å². The van der Waals surface area contributed by atoms with Crippen molar-refractivity contribution in [2.45, 2.75) is 12.0 Å². The van der Waals surface area contributed by atoms with E-state index < -0.39 is 0 Å². The SMILES string of the molecule is C1=CC2Oc3cc(-c4ccccc4)c4ccccc4c3C2C(N(c2ccc(-c3ccccc3)cc2)c2cc(-c3ccccc3)cc(-c3ccccc3)c2)=C1. The van der Waals surface area contributed by atoms with E-state index in [-0.39, 0.29) is 12.0 Å². The second-order valence-corrected chi connectivity index (χ2v) is 14.0. The molecule has 1 aliphatic heterocycles. The Labute approximate surface area is 316 Å². The topological polar surface area (TPSA) is 12.5 Å². The molecule has 0 aromatic heterocycles. The standard InChI is InChI=1S/C52H37NO/c1-5-16-36(17-6-1)39-28-30-43(31-29-39)53(44-33-41(37-18-7-2-8-19-37)32-42(34-44)38-20-9-3-10-21-38)48-26-15-27-49-52(48)51-46-25-14-13-24-45(46)47(35-50(51)54-49)40-22-11-4-12-23-40/h1-35,49,52H. The first-order valence-corrected chi connectivity index (χ1v) is 18.7. The number of nitrogens with zero attached hydrogens (tertiary/aromatic N) is 1. The van der Waals surface area contributed by atoms with Crippen LogP contribution < -0.4 is 9.64 Å². The van der Waals surface area contributed by atoms with Crippen molar-refractivity contribution in [3.63, 3.8) is 0 Å². The van der Waals surface area contributed by atoms with Crippen molar-refractivity contribution >= 4 is 22.1 Å². The van der Waals surface area contributed by atoms with E-state index in [0.29, 0.717) is 0 Å². The van der Waals surface area contributed by atoms with Crippen LogP contribution in [-0.4, -0.2) is 6.10 Å². The average molecular weight is 692 g/mol. The van der Waals surface area contributed by atoms with Gasteiger partial charge in [0.15, 0.2) is 0 Å². The highest BCUT2D eigenvalue weighted by molar-refractivity contribution is 6.01. The average Bonchev–Trinajstić information content (AvgIpc) is 3.65. The lowest BCUT2D eigenvalue weighted by molar-refractivity contribution is 0.264. The van der Waals surface area contributed by atoms with Crippen LogP contribution in [0.25, 0.3) is 55.3 Å². The highest BCUT2D eigenvalue weighted by Gasteiger charge is 2.41. The third-order valence-electron chi connectivity index (χ3n) is 10.8. The number of ether oxygens (including phenoxy) is 1. The van der Waals surface area contributed by atoms with Gasteiger partial charge in [-0.05, 0) is 104 Å². The molecule has 10 rings (SSSR count). The molecule has 0 fully saturated rings. The molecule has 2 nitrogen and oxygen atoms in total. The number of benzene rings is 8. The van der Waals surface area contributed by atoms with Crippen molar-refractivity contribution in [3.8, 4) is 50.3 Å². The molecule has 0 amide bonds. The Balaban J connectivity index is 1.19. The largest absolute Gasteiger partial charge is 0.485 e. The predicted octanol–water partition coefficient (Wildman–Crippen LogP) is 13.6. The summed E-state index contributed by atoms with van der Waals surface area (Å²) in [6, 6.07) is 69.8. The Morgan fingerprint density at radius 2 is 0.907 bits per heavy atom. The minimum atomic E-state index is -0.147. The van der Waals surface area contributed by atoms with Gasteiger partial charge in [-0.1, -0.05) is 164 Å². The summed E-state index contributed by atoms with van der Waals surface area (Å²) >= 11 is 0. The highest BCUT2D eigenvalue weighted by atomic mass is 16.5. The summed E-state index contributed by atoms with van der Waals surface area (Å²) < 4.78 is 6.94. The molecule has 2 aliphatic rings. The summed E-state index contributed by atoms with van der Waals surface area (Å²) in [7, 11) is 0. The van der Waals surface area contributed by atoms with Crippen molar-refractivity contribution < 1.29 is 4.74 Å². The second-order valence-electron chi connectivity index (χ2n) is 14.0. The molecule has 0 saturated heterocycles. The van der Waals surface area contributed by atoms with Gasteiger partial charge in [0.05, 0.1) is 5.92 Å². The lowest BCUT2D eigenvalue weighted by Crippen LogP contribution is -2.29. The highest BCUT2D eigenvalue weighted by Crippen LogP contribution is 2.53. The van der Waals surface area contributed by atoms with Gasteiger partial charge < -0.3 is 9.64 Å². The summed E-state index contributed by atoms with van der Waals surface area (Å²) in [5.41, 5.74) is 14.1. The zero-order valence-electron chi connectivity index (χ0n) is 29.7. The first-order chi connectivity index (χ1) is 26.8. The molecule has 2 heteroatoms. The van der Waals surface area contributed by atoms with Crippen LogP contribution in [0.2, 0.25) is 0 Å². The molecule has 0 saturated carbocycles. The van der Waals surface area contributed by atoms with Gasteiger partial charge in [0.25, 0.3) is 0 Å². The third kappa shape index (κ3) is 5.70. The minimum absolute atomic E-state index is 0.0333. The fourth-order valence-electron chi connectivity index (χ4n) is 8.29. The monoisotopic (exact) mass is 691 g/mol. The Kier molecular flexibility index (Phi) is 8.00. The Bertz CT molecular complexity index is 2610. The maximum absolute atomic E-state index is 6.94. The number of fused-ring (bicyclic) bond motifs is 5. The molecule has 54 heavy (non-hydrogen) atoms. The van der Waals surface area contributed by atoms with E-state index >= 15 is 0 Å². The van der Waals surface area contributed by atoms with Crippen molar-refractivity contribution in [2.75, 3.05) is 4.90 Å². The molecule has 0 spiro atoms. The maximum atomic E-state index is 6.94. The molecule has 0 bridgehead atoms. The van der Waals surface area contributed by atoms with Gasteiger partial charge in [-0.15, -0.1) is 0 Å². The molecule has 8 aromatic rings. The smallest absolute Gasteiger partial charge is 0.130 e. The molecular weight excluding hydrogens is 655 g/mol. The Hall–Kier alpha value is -6.90. The molecule has 8 aromatic carbocycles. The zero-order valence-corrected chi connectivity index (χ0v) is 29.7. The number of allylic oxidation sites excluding steroid dienone is 2. The quantitative estimate of drug-likeness (QED) is 0.165. The molecule has 256 valence electrons. The van der Waals surface area contributed by atoms with Crippen LogP contribution in [0.3, 0.4) is 0 Å². The van der Waals surface area contributed by atoms with Crippen LogP contribution in [0, 0.1) is 0 Å². The molecule has 1 aliphatic carbocycles. The van der Waals surface area contributed by atoms with E-state index in [1.54, 1.807) is 0 Å². The molecule has 0 radical (unpaired) electrons. The lowest BCUT2D eigenvalue weighted by Gasteiger charge is -2.35. The van der Waals surface area contributed by atoms with Gasteiger partial charge >= 0.3 is 0 Å². The van der Waals surface area contributed by atoms with E-state index in [1.807, 2.05) is 0 Å². The van der Waals surface area contributed by atoms with Crippen LogP contribution >= 0.6 is 0 Å². The molecule has 2 atom stereocenters. The van der Waals surface area contributed by atoms with Gasteiger partial charge in [0.1, 0.15) is 11.9 Å². The maximum Gasteiger partial charge on any atom is 0.130 e. The molecule has 1 heterocycles. The number of hydrogen-bond donors (Lipinski definition) is 0. The van der Waals surface area contributed by atoms with Crippen LogP contribution in [0.5, 0.6) is 5.75 Å². The fraction of sp³-hybridized carbons (Fsp3) is 0.0385. The van der Waals surface area contributed by atoms with Crippen LogP contribution in [-0.2, 0) is 0 Å². The zero-order chi connectivity index (χ0) is 35.8. The summed E-state index contributed by atoms with van der Waals surface area (Å²) in [6.07, 6.45) is 6.54. The number of anilines is 2. The number of rotatable bonds is 7. The first-order valence-electron chi connectivity index (χ1n) is 18.7. The van der Waals surface area contributed by atoms with Gasteiger partial charge in [0, 0.05) is 22.6 Å². The van der Waals surface area contributed by atoms with E-state index in [2.05, 4.69) is 217 Å². The molecule has 0 N–H and O–H groups in total. The minimum Gasteiger partial charge on any atom is -0.485 e. The van der Waals surface area contributed by atoms with Gasteiger partial charge in [-0.3, -0.25) is 0 Å². The Morgan fingerprint density at radius 3 is 1.50 bits per heavy atom. The molecular formula is C52H37NO. The summed E-state index contributed by atoms with van der Waals surface area (Å²) in [4.78, 5) is 2.47. The summed E-state index contributed by atoms with van der Waals surface area (Å²) in [5, 5.41) is 2.46. The second kappa shape index (κ2) is 13.6. The van der Waals surface area contributed by atoms with Gasteiger partial charge in [-0.2, -0.15) is 0 Å².